The van der Waals surface area contributed by atoms with Gasteiger partial charge >= 0.3 is 0 Å². The van der Waals surface area contributed by atoms with Gasteiger partial charge in [0, 0.05) is 35.3 Å². The highest BCUT2D eigenvalue weighted by Crippen LogP contribution is 2.28. The summed E-state index contributed by atoms with van der Waals surface area (Å²) in [6, 6.07) is 21.7. The minimum atomic E-state index is -0.330. The summed E-state index contributed by atoms with van der Waals surface area (Å²) in [6.07, 6.45) is 1.62. The number of hydrogen-bond donors (Lipinski definition) is 0. The second-order valence-corrected chi connectivity index (χ2v) is 8.33. The smallest absolute Gasteiger partial charge is 0.253 e. The molecule has 4 aromatic rings. The number of rotatable bonds is 5. The summed E-state index contributed by atoms with van der Waals surface area (Å²) < 4.78 is 18.7. The molecule has 170 valence electrons. The van der Waals surface area contributed by atoms with E-state index in [4.69, 9.17) is 4.52 Å². The van der Waals surface area contributed by atoms with Crippen molar-refractivity contribution in [3.63, 3.8) is 0 Å². The first kappa shape index (κ1) is 21.7. The van der Waals surface area contributed by atoms with Crippen LogP contribution in [0.25, 0.3) is 11.4 Å². The zero-order valence-corrected chi connectivity index (χ0v) is 18.4. The van der Waals surface area contributed by atoms with E-state index in [0.29, 0.717) is 47.1 Å². The minimum Gasteiger partial charge on any atom is -0.339 e. The van der Waals surface area contributed by atoms with Crippen LogP contribution in [0.3, 0.4) is 0 Å². The molecule has 0 bridgehead atoms. The number of benzene rings is 3. The van der Waals surface area contributed by atoms with E-state index >= 15 is 0 Å². The molecule has 6 nitrogen and oxygen atoms in total. The number of hydrogen-bond acceptors (Lipinski definition) is 5. The Balaban J connectivity index is 1.31. The predicted molar refractivity (Wildman–Crippen MR) is 124 cm³/mol. The van der Waals surface area contributed by atoms with Crippen LogP contribution in [0.1, 0.15) is 50.9 Å². The van der Waals surface area contributed by atoms with Crippen molar-refractivity contribution < 1.29 is 18.5 Å². The van der Waals surface area contributed by atoms with Gasteiger partial charge in [-0.2, -0.15) is 4.98 Å². The molecule has 1 aromatic heterocycles. The molecule has 1 aliphatic rings. The third kappa shape index (κ3) is 4.50. The summed E-state index contributed by atoms with van der Waals surface area (Å²) in [6.45, 7) is 1.06. The standard InChI is InChI=1S/C27H22FN3O3/c28-23-13-11-19(12-14-23)25-29-26(34-30-25)22-10-5-15-31(17-22)27(33)21-9-4-8-20(16-21)24(32)18-6-2-1-3-7-18/h1-4,6-9,11-14,16,22H,5,10,15,17H2/t22-/m0/s1. The van der Waals surface area contributed by atoms with E-state index in [0.717, 1.165) is 12.8 Å². The first-order chi connectivity index (χ1) is 16.6. The van der Waals surface area contributed by atoms with Crippen LogP contribution >= 0.6 is 0 Å². The van der Waals surface area contributed by atoms with Crippen molar-refractivity contribution in [2.45, 2.75) is 18.8 Å². The maximum atomic E-state index is 13.3. The number of aromatic nitrogens is 2. The van der Waals surface area contributed by atoms with Crippen molar-refractivity contribution in [3.8, 4) is 11.4 Å². The molecule has 7 heteroatoms. The van der Waals surface area contributed by atoms with Crippen molar-refractivity contribution in [2.24, 2.45) is 0 Å². The zero-order valence-electron chi connectivity index (χ0n) is 18.4. The molecule has 0 saturated carbocycles. The van der Waals surface area contributed by atoms with Crippen LogP contribution in [0.2, 0.25) is 0 Å². The summed E-state index contributed by atoms with van der Waals surface area (Å²) in [7, 11) is 0. The molecule has 1 fully saturated rings. The van der Waals surface area contributed by atoms with Gasteiger partial charge in [-0.25, -0.2) is 4.39 Å². The fourth-order valence-electron chi connectivity index (χ4n) is 4.21. The van der Waals surface area contributed by atoms with Gasteiger partial charge in [-0.1, -0.05) is 47.6 Å². The highest BCUT2D eigenvalue weighted by Gasteiger charge is 2.29. The Morgan fingerprint density at radius 2 is 1.65 bits per heavy atom. The van der Waals surface area contributed by atoms with Crippen LogP contribution in [-0.2, 0) is 0 Å². The quantitative estimate of drug-likeness (QED) is 0.390. The summed E-state index contributed by atoms with van der Waals surface area (Å²) in [4.78, 5) is 32.3. The highest BCUT2D eigenvalue weighted by molar-refractivity contribution is 6.10. The molecule has 0 spiro atoms. The van der Waals surface area contributed by atoms with Crippen molar-refractivity contribution in [2.75, 3.05) is 13.1 Å². The summed E-state index contributed by atoms with van der Waals surface area (Å²) >= 11 is 0. The second kappa shape index (κ2) is 9.39. The number of nitrogens with zero attached hydrogens (tertiary/aromatic N) is 3. The summed E-state index contributed by atoms with van der Waals surface area (Å²) in [5.74, 6) is 0.184. The normalized spacial score (nSPS) is 15.8. The number of piperidine rings is 1. The minimum absolute atomic E-state index is 0.0893. The van der Waals surface area contributed by atoms with Gasteiger partial charge in [-0.15, -0.1) is 0 Å². The lowest BCUT2D eigenvalue weighted by Crippen LogP contribution is -2.39. The fraction of sp³-hybridized carbons (Fsp3) is 0.185. The number of halogens is 1. The van der Waals surface area contributed by atoms with E-state index in [9.17, 15) is 14.0 Å². The fourth-order valence-corrected chi connectivity index (χ4v) is 4.21. The predicted octanol–water partition coefficient (Wildman–Crippen LogP) is 5.13. The molecule has 2 heterocycles. The van der Waals surface area contributed by atoms with E-state index in [2.05, 4.69) is 10.1 Å². The van der Waals surface area contributed by atoms with Crippen LogP contribution in [0.15, 0.2) is 83.4 Å². The molecule has 0 radical (unpaired) electrons. The average Bonchev–Trinajstić information content (AvgIpc) is 3.39. The monoisotopic (exact) mass is 455 g/mol. The maximum absolute atomic E-state index is 13.3. The zero-order chi connectivity index (χ0) is 23.5. The van der Waals surface area contributed by atoms with Gasteiger partial charge < -0.3 is 9.42 Å². The van der Waals surface area contributed by atoms with Crippen LogP contribution in [0.4, 0.5) is 4.39 Å². The van der Waals surface area contributed by atoms with E-state index in [1.54, 1.807) is 53.4 Å². The third-order valence-electron chi connectivity index (χ3n) is 6.01. The molecule has 34 heavy (non-hydrogen) atoms. The van der Waals surface area contributed by atoms with E-state index in [1.807, 2.05) is 18.2 Å². The Labute approximate surface area is 196 Å². The molecule has 1 aliphatic heterocycles. The number of carbonyl (C=O) groups is 2. The third-order valence-corrected chi connectivity index (χ3v) is 6.01. The lowest BCUT2D eigenvalue weighted by molar-refractivity contribution is 0.0695. The van der Waals surface area contributed by atoms with Crippen molar-refractivity contribution >= 4 is 11.7 Å². The van der Waals surface area contributed by atoms with Crippen LogP contribution in [0.5, 0.6) is 0 Å². The Kier molecular flexibility index (Phi) is 5.99. The highest BCUT2D eigenvalue weighted by atomic mass is 19.1. The second-order valence-electron chi connectivity index (χ2n) is 8.33. The molecule has 0 aliphatic carbocycles. The molecule has 0 unspecified atom stereocenters. The van der Waals surface area contributed by atoms with E-state index < -0.39 is 0 Å². The van der Waals surface area contributed by atoms with Crippen LogP contribution in [-0.4, -0.2) is 39.8 Å². The van der Waals surface area contributed by atoms with Gasteiger partial charge in [0.05, 0.1) is 5.92 Å². The lowest BCUT2D eigenvalue weighted by atomic mass is 9.96. The van der Waals surface area contributed by atoms with Crippen LogP contribution < -0.4 is 0 Å². The van der Waals surface area contributed by atoms with Gasteiger partial charge in [-0.05, 0) is 49.2 Å². The van der Waals surface area contributed by atoms with Crippen molar-refractivity contribution in [1.29, 1.82) is 0 Å². The van der Waals surface area contributed by atoms with E-state index in [-0.39, 0.29) is 23.4 Å². The molecule has 1 saturated heterocycles. The number of carbonyl (C=O) groups excluding carboxylic acids is 2. The van der Waals surface area contributed by atoms with Gasteiger partial charge in [0.25, 0.3) is 5.91 Å². The van der Waals surface area contributed by atoms with Gasteiger partial charge in [0.1, 0.15) is 5.82 Å². The first-order valence-corrected chi connectivity index (χ1v) is 11.2. The Hall–Kier alpha value is -4.13. The molecular formula is C27H22FN3O3. The first-order valence-electron chi connectivity index (χ1n) is 11.2. The number of ketones is 1. The van der Waals surface area contributed by atoms with Gasteiger partial charge in [-0.3, -0.25) is 9.59 Å². The maximum Gasteiger partial charge on any atom is 0.253 e. The van der Waals surface area contributed by atoms with E-state index in [1.165, 1.54) is 12.1 Å². The largest absolute Gasteiger partial charge is 0.339 e. The molecule has 0 N–H and O–H groups in total. The van der Waals surface area contributed by atoms with Crippen molar-refractivity contribution in [1.82, 2.24) is 15.0 Å². The van der Waals surface area contributed by atoms with Gasteiger partial charge in [0.15, 0.2) is 5.78 Å². The molecule has 5 rings (SSSR count). The van der Waals surface area contributed by atoms with Crippen LogP contribution in [0, 0.1) is 5.82 Å². The SMILES string of the molecule is O=C(c1ccccc1)c1cccc(C(=O)N2CCC[C@H](c3nc(-c4ccc(F)cc4)no3)C2)c1. The summed E-state index contributed by atoms with van der Waals surface area (Å²) in [5.41, 5.74) is 2.20. The average molecular weight is 455 g/mol. The Morgan fingerprint density at radius 3 is 2.44 bits per heavy atom. The molecular weight excluding hydrogens is 433 g/mol. The number of likely N-dealkylation sites (tertiary alicyclic amines) is 1. The molecule has 1 amide bonds. The topological polar surface area (TPSA) is 76.3 Å². The van der Waals surface area contributed by atoms with Gasteiger partial charge in [0.2, 0.25) is 11.7 Å². The number of amides is 1. The van der Waals surface area contributed by atoms with Crippen molar-refractivity contribution in [3.05, 3.63) is 107 Å². The molecule has 1 atom stereocenters. The summed E-state index contributed by atoms with van der Waals surface area (Å²) in [5, 5.41) is 4.03. The lowest BCUT2D eigenvalue weighted by Gasteiger charge is -2.31. The Bertz CT molecular complexity index is 1320. The molecule has 3 aromatic carbocycles. The Morgan fingerprint density at radius 1 is 0.912 bits per heavy atom.